The number of carboxylic acids is 1. The van der Waals surface area contributed by atoms with Crippen molar-refractivity contribution in [2.24, 2.45) is 5.92 Å². The van der Waals surface area contributed by atoms with E-state index in [-0.39, 0.29) is 11.9 Å². The Morgan fingerprint density at radius 3 is 2.40 bits per heavy atom. The van der Waals surface area contributed by atoms with Crippen LogP contribution < -0.4 is 0 Å². The molecule has 4 heteroatoms. The highest BCUT2D eigenvalue weighted by Gasteiger charge is 2.34. The van der Waals surface area contributed by atoms with Gasteiger partial charge in [0.2, 0.25) is 5.91 Å². The lowest BCUT2D eigenvalue weighted by Crippen LogP contribution is -2.39. The number of aryl methyl sites for hydroxylation is 1. The maximum absolute atomic E-state index is 12.4. The molecule has 0 aromatic heterocycles. The molecule has 1 amide bonds. The third-order valence-corrected chi connectivity index (χ3v) is 3.68. The molecule has 1 atom stereocenters. The second kappa shape index (κ2) is 6.07. The summed E-state index contributed by atoms with van der Waals surface area (Å²) in [6.45, 7) is 3.97. The SMILES string of the molecule is Cc1ccc(CC(=O)N(CC(C)C(=O)O)C2CC2)cc1. The minimum atomic E-state index is -0.848. The van der Waals surface area contributed by atoms with Gasteiger partial charge >= 0.3 is 5.97 Å². The van der Waals surface area contributed by atoms with Crippen molar-refractivity contribution in [1.82, 2.24) is 4.90 Å². The molecule has 20 heavy (non-hydrogen) atoms. The van der Waals surface area contributed by atoms with Crippen LogP contribution in [0.2, 0.25) is 0 Å². The van der Waals surface area contributed by atoms with E-state index >= 15 is 0 Å². The second-order valence-corrected chi connectivity index (χ2v) is 5.68. The van der Waals surface area contributed by atoms with Gasteiger partial charge in [-0.05, 0) is 25.3 Å². The van der Waals surface area contributed by atoms with Crippen LogP contribution in [-0.2, 0) is 16.0 Å². The average molecular weight is 275 g/mol. The maximum atomic E-state index is 12.4. The van der Waals surface area contributed by atoms with E-state index in [1.807, 2.05) is 31.2 Å². The van der Waals surface area contributed by atoms with E-state index in [9.17, 15) is 9.59 Å². The van der Waals surface area contributed by atoms with Crippen molar-refractivity contribution < 1.29 is 14.7 Å². The van der Waals surface area contributed by atoms with Crippen LogP contribution in [0, 0.1) is 12.8 Å². The number of benzene rings is 1. The van der Waals surface area contributed by atoms with Crippen LogP contribution in [0.1, 0.15) is 30.9 Å². The molecule has 0 bridgehead atoms. The van der Waals surface area contributed by atoms with Gasteiger partial charge in [0.05, 0.1) is 12.3 Å². The molecule has 4 nitrogen and oxygen atoms in total. The van der Waals surface area contributed by atoms with Crippen LogP contribution in [0.15, 0.2) is 24.3 Å². The number of amides is 1. The molecular formula is C16H21NO3. The number of carboxylic acid groups (broad SMARTS) is 1. The summed E-state index contributed by atoms with van der Waals surface area (Å²) in [5.41, 5.74) is 2.15. The molecule has 0 spiro atoms. The number of nitrogens with zero attached hydrogens (tertiary/aromatic N) is 1. The Kier molecular flexibility index (Phi) is 4.42. The Bertz CT molecular complexity index is 491. The predicted octanol–water partition coefficient (Wildman–Crippen LogP) is 2.25. The molecule has 1 saturated carbocycles. The number of carbonyl (C=O) groups excluding carboxylic acids is 1. The zero-order chi connectivity index (χ0) is 14.7. The molecule has 0 radical (unpaired) electrons. The van der Waals surface area contributed by atoms with E-state index in [1.165, 1.54) is 5.56 Å². The minimum Gasteiger partial charge on any atom is -0.481 e. The number of hydrogen-bond acceptors (Lipinski definition) is 2. The van der Waals surface area contributed by atoms with Crippen molar-refractivity contribution in [3.8, 4) is 0 Å². The van der Waals surface area contributed by atoms with Crippen LogP contribution in [0.5, 0.6) is 0 Å². The monoisotopic (exact) mass is 275 g/mol. The predicted molar refractivity (Wildman–Crippen MR) is 76.4 cm³/mol. The van der Waals surface area contributed by atoms with Gasteiger partial charge in [-0.25, -0.2) is 0 Å². The first-order valence-corrected chi connectivity index (χ1v) is 7.05. The molecule has 1 unspecified atom stereocenters. The van der Waals surface area contributed by atoms with E-state index in [1.54, 1.807) is 11.8 Å². The Labute approximate surface area is 119 Å². The first-order chi connectivity index (χ1) is 9.47. The molecule has 1 aromatic carbocycles. The van der Waals surface area contributed by atoms with E-state index in [2.05, 4.69) is 0 Å². The zero-order valence-electron chi connectivity index (χ0n) is 12.0. The Hall–Kier alpha value is -1.84. The van der Waals surface area contributed by atoms with Crippen molar-refractivity contribution in [3.63, 3.8) is 0 Å². The van der Waals surface area contributed by atoms with Crippen LogP contribution in [-0.4, -0.2) is 34.5 Å². The highest BCUT2D eigenvalue weighted by molar-refractivity contribution is 5.80. The standard InChI is InChI=1S/C16H21NO3/c1-11-3-5-13(6-4-11)9-15(18)17(14-7-8-14)10-12(2)16(19)20/h3-6,12,14H,7-10H2,1-2H3,(H,19,20). The normalized spacial score (nSPS) is 15.7. The van der Waals surface area contributed by atoms with Crippen molar-refractivity contribution >= 4 is 11.9 Å². The maximum Gasteiger partial charge on any atom is 0.308 e. The van der Waals surface area contributed by atoms with Gasteiger partial charge in [-0.2, -0.15) is 0 Å². The molecule has 1 N–H and O–H groups in total. The molecule has 1 aromatic rings. The lowest BCUT2D eigenvalue weighted by Gasteiger charge is -2.24. The smallest absolute Gasteiger partial charge is 0.308 e. The number of hydrogen-bond donors (Lipinski definition) is 1. The highest BCUT2D eigenvalue weighted by Crippen LogP contribution is 2.28. The summed E-state index contributed by atoms with van der Waals surface area (Å²) in [4.78, 5) is 25.1. The largest absolute Gasteiger partial charge is 0.481 e. The van der Waals surface area contributed by atoms with Gasteiger partial charge in [0.1, 0.15) is 0 Å². The van der Waals surface area contributed by atoms with Gasteiger partial charge < -0.3 is 10.0 Å². The quantitative estimate of drug-likeness (QED) is 0.866. The van der Waals surface area contributed by atoms with Gasteiger partial charge in [0, 0.05) is 12.6 Å². The Morgan fingerprint density at radius 1 is 1.30 bits per heavy atom. The van der Waals surface area contributed by atoms with E-state index in [4.69, 9.17) is 5.11 Å². The molecule has 0 saturated heterocycles. The van der Waals surface area contributed by atoms with Gasteiger partial charge in [-0.15, -0.1) is 0 Å². The van der Waals surface area contributed by atoms with Crippen molar-refractivity contribution in [3.05, 3.63) is 35.4 Å². The van der Waals surface area contributed by atoms with Gasteiger partial charge in [0.25, 0.3) is 0 Å². The van der Waals surface area contributed by atoms with E-state index in [0.29, 0.717) is 13.0 Å². The average Bonchev–Trinajstić information content (AvgIpc) is 3.22. The molecule has 1 aliphatic rings. The summed E-state index contributed by atoms with van der Waals surface area (Å²) in [6, 6.07) is 8.14. The number of aliphatic carboxylic acids is 1. The molecular weight excluding hydrogens is 254 g/mol. The summed E-state index contributed by atoms with van der Waals surface area (Å²) in [7, 11) is 0. The summed E-state index contributed by atoms with van der Waals surface area (Å²) >= 11 is 0. The van der Waals surface area contributed by atoms with E-state index < -0.39 is 11.9 Å². The van der Waals surface area contributed by atoms with Gasteiger partial charge in [-0.3, -0.25) is 9.59 Å². The molecule has 2 rings (SSSR count). The van der Waals surface area contributed by atoms with Gasteiger partial charge in [0.15, 0.2) is 0 Å². The first-order valence-electron chi connectivity index (χ1n) is 7.05. The van der Waals surface area contributed by atoms with Crippen LogP contribution in [0.25, 0.3) is 0 Å². The summed E-state index contributed by atoms with van der Waals surface area (Å²) in [6.07, 6.45) is 2.33. The third-order valence-electron chi connectivity index (χ3n) is 3.68. The lowest BCUT2D eigenvalue weighted by molar-refractivity contribution is -0.143. The third kappa shape index (κ3) is 3.83. The molecule has 1 fully saturated rings. The number of rotatable bonds is 6. The van der Waals surface area contributed by atoms with Crippen LogP contribution in [0.3, 0.4) is 0 Å². The van der Waals surface area contributed by atoms with Crippen molar-refractivity contribution in [2.75, 3.05) is 6.54 Å². The minimum absolute atomic E-state index is 0.0319. The molecule has 0 aliphatic heterocycles. The van der Waals surface area contributed by atoms with Crippen molar-refractivity contribution in [2.45, 2.75) is 39.2 Å². The van der Waals surface area contributed by atoms with Crippen LogP contribution >= 0.6 is 0 Å². The molecule has 108 valence electrons. The fraction of sp³-hybridized carbons (Fsp3) is 0.500. The Balaban J connectivity index is 2.00. The first kappa shape index (κ1) is 14.6. The van der Waals surface area contributed by atoms with Gasteiger partial charge in [-0.1, -0.05) is 36.8 Å². The summed E-state index contributed by atoms with van der Waals surface area (Å²) in [5, 5.41) is 9.00. The molecule has 1 aliphatic carbocycles. The second-order valence-electron chi connectivity index (χ2n) is 5.68. The summed E-state index contributed by atoms with van der Waals surface area (Å²) in [5.74, 6) is -1.33. The topological polar surface area (TPSA) is 57.6 Å². The van der Waals surface area contributed by atoms with E-state index in [0.717, 1.165) is 18.4 Å². The summed E-state index contributed by atoms with van der Waals surface area (Å²) < 4.78 is 0. The lowest BCUT2D eigenvalue weighted by atomic mass is 10.1. The number of carbonyl (C=O) groups is 2. The fourth-order valence-corrected chi connectivity index (χ4v) is 2.20. The molecule has 0 heterocycles. The highest BCUT2D eigenvalue weighted by atomic mass is 16.4. The fourth-order valence-electron chi connectivity index (χ4n) is 2.20. The van der Waals surface area contributed by atoms with Crippen molar-refractivity contribution in [1.29, 1.82) is 0 Å². The zero-order valence-corrected chi connectivity index (χ0v) is 12.0. The Morgan fingerprint density at radius 2 is 1.90 bits per heavy atom. The van der Waals surface area contributed by atoms with Crippen LogP contribution in [0.4, 0.5) is 0 Å².